The van der Waals surface area contributed by atoms with Crippen molar-refractivity contribution < 1.29 is 14.6 Å². The smallest absolute Gasteiger partial charge is 0.339 e. The second-order valence-corrected chi connectivity index (χ2v) is 3.66. The Kier molecular flexibility index (Phi) is 3.09. The number of carboxylic acids is 1. The van der Waals surface area contributed by atoms with E-state index in [0.717, 1.165) is 11.6 Å². The number of benzene rings is 1. The number of aromatic amines is 1. The molecule has 0 unspecified atom stereocenters. The summed E-state index contributed by atoms with van der Waals surface area (Å²) in [4.78, 5) is 28.2. The summed E-state index contributed by atoms with van der Waals surface area (Å²) in [5.41, 5.74) is 0.493. The number of hydrogen-bond donors (Lipinski definition) is 2. The highest BCUT2D eigenvalue weighted by Gasteiger charge is 2.12. The van der Waals surface area contributed by atoms with Crippen LogP contribution < -0.4 is 10.3 Å². The summed E-state index contributed by atoms with van der Waals surface area (Å²) in [6.45, 7) is 1.81. The van der Waals surface area contributed by atoms with Gasteiger partial charge in [0.1, 0.15) is 11.3 Å². The van der Waals surface area contributed by atoms with Crippen LogP contribution in [0.1, 0.15) is 15.9 Å². The molecule has 0 spiro atoms. The van der Waals surface area contributed by atoms with Crippen molar-refractivity contribution in [2.75, 3.05) is 0 Å². The second-order valence-electron chi connectivity index (χ2n) is 3.66. The molecule has 0 amide bonds. The summed E-state index contributed by atoms with van der Waals surface area (Å²) in [5.74, 6) is -0.901. The fourth-order valence-corrected chi connectivity index (χ4v) is 1.41. The summed E-state index contributed by atoms with van der Waals surface area (Å²) in [6.07, 6.45) is 1.19. The average molecular weight is 246 g/mol. The van der Waals surface area contributed by atoms with E-state index in [2.05, 4.69) is 9.97 Å². The first kappa shape index (κ1) is 11.8. The molecule has 1 heterocycles. The lowest BCUT2D eigenvalue weighted by atomic mass is 10.1. The molecular weight excluding hydrogens is 236 g/mol. The van der Waals surface area contributed by atoms with Crippen LogP contribution in [0.25, 0.3) is 0 Å². The van der Waals surface area contributed by atoms with Crippen LogP contribution in [0, 0.1) is 6.92 Å². The molecule has 2 aromatic rings. The Morgan fingerprint density at radius 1 is 1.39 bits per heavy atom. The van der Waals surface area contributed by atoms with Crippen LogP contribution in [-0.2, 0) is 0 Å². The summed E-state index contributed by atoms with van der Waals surface area (Å²) in [6, 6.07) is 5.84. The number of ether oxygens (including phenoxy) is 1. The Morgan fingerprint density at radius 3 is 2.83 bits per heavy atom. The molecule has 0 fully saturated rings. The van der Waals surface area contributed by atoms with Crippen molar-refractivity contribution in [1.82, 2.24) is 9.97 Å². The number of nitrogens with one attached hydrogen (secondary N) is 1. The predicted octanol–water partition coefficient (Wildman–Crippen LogP) is 1.57. The van der Waals surface area contributed by atoms with Gasteiger partial charge in [-0.05, 0) is 24.6 Å². The number of carboxylic acid groups (broad SMARTS) is 1. The van der Waals surface area contributed by atoms with Gasteiger partial charge < -0.3 is 14.8 Å². The molecular formula is C12H10N2O4. The van der Waals surface area contributed by atoms with Gasteiger partial charge in [-0.1, -0.05) is 6.07 Å². The summed E-state index contributed by atoms with van der Waals surface area (Å²) in [5, 5.41) is 9.02. The van der Waals surface area contributed by atoms with Crippen LogP contribution >= 0.6 is 0 Å². The van der Waals surface area contributed by atoms with Crippen LogP contribution in [0.15, 0.2) is 35.4 Å². The number of aryl methyl sites for hydroxylation is 1. The van der Waals surface area contributed by atoms with Gasteiger partial charge in [-0.15, -0.1) is 0 Å². The maximum atomic E-state index is 11.1. The number of rotatable bonds is 3. The van der Waals surface area contributed by atoms with Gasteiger partial charge in [0, 0.05) is 0 Å². The van der Waals surface area contributed by atoms with Crippen molar-refractivity contribution in [3.05, 3.63) is 52.1 Å². The number of carbonyl (C=O) groups is 1. The molecule has 0 atom stereocenters. The predicted molar refractivity (Wildman–Crippen MR) is 63.1 cm³/mol. The molecule has 0 aliphatic rings. The van der Waals surface area contributed by atoms with Gasteiger partial charge in [0.25, 0.3) is 5.56 Å². The summed E-state index contributed by atoms with van der Waals surface area (Å²) in [7, 11) is 0. The van der Waals surface area contributed by atoms with Crippen molar-refractivity contribution in [3.63, 3.8) is 0 Å². The van der Waals surface area contributed by atoms with Crippen molar-refractivity contribution in [1.29, 1.82) is 0 Å². The number of aromatic carboxylic acids is 1. The number of hydrogen-bond acceptors (Lipinski definition) is 4. The summed E-state index contributed by atoms with van der Waals surface area (Å²) < 4.78 is 5.32. The van der Waals surface area contributed by atoms with Crippen molar-refractivity contribution in [2.24, 2.45) is 0 Å². The maximum absolute atomic E-state index is 11.1. The van der Waals surface area contributed by atoms with E-state index in [1.54, 1.807) is 12.1 Å². The zero-order valence-corrected chi connectivity index (χ0v) is 9.51. The third kappa shape index (κ3) is 2.54. The minimum absolute atomic E-state index is 0.0164. The first-order valence-corrected chi connectivity index (χ1v) is 5.13. The quantitative estimate of drug-likeness (QED) is 0.857. The Labute approximate surface area is 102 Å². The third-order valence-corrected chi connectivity index (χ3v) is 2.24. The Balaban J connectivity index is 2.42. The van der Waals surface area contributed by atoms with E-state index in [0.29, 0.717) is 0 Å². The van der Waals surface area contributed by atoms with E-state index in [9.17, 15) is 9.59 Å². The highest BCUT2D eigenvalue weighted by Crippen LogP contribution is 2.24. The van der Waals surface area contributed by atoms with Crippen LogP contribution in [-0.4, -0.2) is 21.0 Å². The lowest BCUT2D eigenvalue weighted by molar-refractivity contribution is 0.0694. The van der Waals surface area contributed by atoms with Crippen LogP contribution in [0.3, 0.4) is 0 Å². The van der Waals surface area contributed by atoms with Gasteiger partial charge in [0.15, 0.2) is 0 Å². The van der Waals surface area contributed by atoms with Crippen LogP contribution in [0.5, 0.6) is 11.6 Å². The Morgan fingerprint density at radius 2 is 2.17 bits per heavy atom. The van der Waals surface area contributed by atoms with Gasteiger partial charge in [-0.25, -0.2) is 9.78 Å². The molecule has 1 aromatic carbocycles. The van der Waals surface area contributed by atoms with Gasteiger partial charge >= 0.3 is 5.97 Å². The molecule has 0 aliphatic heterocycles. The number of H-pyrrole nitrogens is 1. The van der Waals surface area contributed by atoms with Crippen molar-refractivity contribution >= 4 is 5.97 Å². The number of aromatic nitrogens is 2. The van der Waals surface area contributed by atoms with Gasteiger partial charge in [-0.2, -0.15) is 0 Å². The maximum Gasteiger partial charge on any atom is 0.339 e. The fourth-order valence-electron chi connectivity index (χ4n) is 1.41. The van der Waals surface area contributed by atoms with Crippen LogP contribution in [0.2, 0.25) is 0 Å². The van der Waals surface area contributed by atoms with E-state index < -0.39 is 5.97 Å². The SMILES string of the molecule is Cc1ccc(C(=O)O)c(Oc2cc(=O)[nH]cn2)c1. The first-order valence-electron chi connectivity index (χ1n) is 5.13. The van der Waals surface area contributed by atoms with Crippen LogP contribution in [0.4, 0.5) is 0 Å². The van der Waals surface area contributed by atoms with Gasteiger partial charge in [0.05, 0.1) is 12.4 Å². The van der Waals surface area contributed by atoms with Gasteiger partial charge in [-0.3, -0.25) is 4.79 Å². The van der Waals surface area contributed by atoms with Crippen molar-refractivity contribution in [2.45, 2.75) is 6.92 Å². The molecule has 0 radical (unpaired) electrons. The molecule has 2 N–H and O–H groups in total. The fraction of sp³-hybridized carbons (Fsp3) is 0.0833. The van der Waals surface area contributed by atoms with Gasteiger partial charge in [0.2, 0.25) is 5.88 Å². The molecule has 6 nitrogen and oxygen atoms in total. The third-order valence-electron chi connectivity index (χ3n) is 2.24. The topological polar surface area (TPSA) is 92.3 Å². The number of nitrogens with zero attached hydrogens (tertiary/aromatic N) is 1. The first-order chi connectivity index (χ1) is 8.56. The monoisotopic (exact) mass is 246 g/mol. The van der Waals surface area contributed by atoms with E-state index in [1.165, 1.54) is 12.4 Å². The van der Waals surface area contributed by atoms with E-state index in [1.807, 2.05) is 6.92 Å². The van der Waals surface area contributed by atoms with E-state index >= 15 is 0 Å². The lowest BCUT2D eigenvalue weighted by Crippen LogP contribution is -2.06. The highest BCUT2D eigenvalue weighted by atomic mass is 16.5. The largest absolute Gasteiger partial charge is 0.478 e. The highest BCUT2D eigenvalue weighted by molar-refractivity contribution is 5.91. The summed E-state index contributed by atoms with van der Waals surface area (Å²) >= 11 is 0. The average Bonchev–Trinajstić information content (AvgIpc) is 2.28. The standard InChI is InChI=1S/C12H10N2O4/c1-7-2-3-8(12(16)17)9(4-7)18-11-5-10(15)13-6-14-11/h2-6H,1H3,(H,16,17)(H,13,14,15). The molecule has 0 saturated carbocycles. The molecule has 0 aliphatic carbocycles. The normalized spacial score (nSPS) is 10.1. The Bertz CT molecular complexity index is 649. The zero-order valence-electron chi connectivity index (χ0n) is 9.51. The van der Waals surface area contributed by atoms with E-state index in [4.69, 9.17) is 9.84 Å². The second kappa shape index (κ2) is 4.70. The van der Waals surface area contributed by atoms with E-state index in [-0.39, 0.29) is 22.8 Å². The molecule has 0 saturated heterocycles. The molecule has 18 heavy (non-hydrogen) atoms. The minimum atomic E-state index is -1.10. The minimum Gasteiger partial charge on any atom is -0.478 e. The molecule has 0 bridgehead atoms. The molecule has 6 heteroatoms. The Hall–Kier alpha value is -2.63. The van der Waals surface area contributed by atoms with Crippen molar-refractivity contribution in [3.8, 4) is 11.6 Å². The zero-order chi connectivity index (χ0) is 13.1. The molecule has 1 aromatic heterocycles. The lowest BCUT2D eigenvalue weighted by Gasteiger charge is -2.08. The molecule has 2 rings (SSSR count). The molecule has 92 valence electrons.